The fraction of sp³-hybridized carbons (Fsp3) is 0.438. The highest BCUT2D eigenvalue weighted by atomic mass is 16.5. The van der Waals surface area contributed by atoms with Crippen molar-refractivity contribution in [1.82, 2.24) is 10.6 Å². The maximum Gasteiger partial charge on any atom is 0.339 e. The molecule has 0 aliphatic carbocycles. The molecule has 0 radical (unpaired) electrons. The Morgan fingerprint density at radius 2 is 1.71 bits per heavy atom. The van der Waals surface area contributed by atoms with Crippen molar-refractivity contribution in [3.63, 3.8) is 0 Å². The molecule has 3 amide bonds. The summed E-state index contributed by atoms with van der Waals surface area (Å²) in [6.45, 7) is 5.88. The van der Waals surface area contributed by atoms with Crippen molar-refractivity contribution in [3.8, 4) is 11.5 Å². The Morgan fingerprint density at radius 3 is 2.29 bits per heavy atom. The van der Waals surface area contributed by atoms with Gasteiger partial charge in [0, 0.05) is 7.05 Å². The summed E-state index contributed by atoms with van der Waals surface area (Å²) in [6.07, 6.45) is -1.13. The van der Waals surface area contributed by atoms with Crippen molar-refractivity contribution in [3.05, 3.63) is 23.8 Å². The number of rotatable bonds is 7. The molecule has 0 unspecified atom stereocenters. The highest BCUT2D eigenvalue weighted by molar-refractivity contribution is 5.98. The van der Waals surface area contributed by atoms with E-state index in [0.29, 0.717) is 24.7 Å². The number of imide groups is 1. The van der Waals surface area contributed by atoms with Gasteiger partial charge in [0.25, 0.3) is 5.91 Å². The van der Waals surface area contributed by atoms with Gasteiger partial charge in [-0.2, -0.15) is 0 Å². The standard InChI is InChI=1S/C16H22N2O6/c1-5-22-12-8-7-11(9-13(12)23-6-2)15(20)24-10(3)14(19)18-16(21)17-4/h7-10H,5-6H2,1-4H3,(H2,17,18,19,21)/t10-/m1/s1. The first-order valence-corrected chi connectivity index (χ1v) is 7.56. The van der Waals surface area contributed by atoms with Crippen LogP contribution in [0.4, 0.5) is 4.79 Å². The van der Waals surface area contributed by atoms with Crippen molar-refractivity contribution in [2.75, 3.05) is 20.3 Å². The molecule has 0 spiro atoms. The fourth-order valence-electron chi connectivity index (χ4n) is 1.74. The molecule has 0 heterocycles. The number of amides is 3. The third kappa shape index (κ3) is 5.45. The zero-order valence-electron chi connectivity index (χ0n) is 14.2. The van der Waals surface area contributed by atoms with E-state index in [4.69, 9.17) is 14.2 Å². The van der Waals surface area contributed by atoms with Crippen LogP contribution in [-0.2, 0) is 9.53 Å². The molecule has 0 aromatic heterocycles. The molecule has 0 aliphatic heterocycles. The van der Waals surface area contributed by atoms with E-state index < -0.39 is 24.0 Å². The quantitative estimate of drug-likeness (QED) is 0.730. The van der Waals surface area contributed by atoms with Crippen LogP contribution in [-0.4, -0.2) is 44.3 Å². The number of benzene rings is 1. The summed E-state index contributed by atoms with van der Waals surface area (Å²) in [7, 11) is 1.37. The summed E-state index contributed by atoms with van der Waals surface area (Å²) in [4.78, 5) is 34.9. The normalized spacial score (nSPS) is 11.2. The number of urea groups is 1. The van der Waals surface area contributed by atoms with Crippen LogP contribution < -0.4 is 20.1 Å². The first kappa shape index (κ1) is 19.3. The van der Waals surface area contributed by atoms with Crippen molar-refractivity contribution in [1.29, 1.82) is 0 Å². The summed E-state index contributed by atoms with van der Waals surface area (Å²) in [6, 6.07) is 3.92. The van der Waals surface area contributed by atoms with Crippen LogP contribution in [0.25, 0.3) is 0 Å². The maximum absolute atomic E-state index is 12.1. The minimum atomic E-state index is -1.13. The minimum absolute atomic E-state index is 0.210. The minimum Gasteiger partial charge on any atom is -0.490 e. The fourth-order valence-corrected chi connectivity index (χ4v) is 1.74. The van der Waals surface area contributed by atoms with Crippen LogP contribution in [0.1, 0.15) is 31.1 Å². The Kier molecular flexibility index (Phi) is 7.54. The number of esters is 1. The Labute approximate surface area is 140 Å². The largest absolute Gasteiger partial charge is 0.490 e. The molecule has 24 heavy (non-hydrogen) atoms. The van der Waals surface area contributed by atoms with Gasteiger partial charge in [-0.3, -0.25) is 10.1 Å². The second-order valence-electron chi connectivity index (χ2n) is 4.64. The first-order chi connectivity index (χ1) is 11.4. The van der Waals surface area contributed by atoms with Gasteiger partial charge < -0.3 is 19.5 Å². The van der Waals surface area contributed by atoms with Gasteiger partial charge in [0.2, 0.25) is 0 Å². The molecule has 132 valence electrons. The number of carbonyl (C=O) groups excluding carboxylic acids is 3. The molecule has 1 rings (SSSR count). The predicted molar refractivity (Wildman–Crippen MR) is 86.3 cm³/mol. The Hall–Kier alpha value is -2.77. The zero-order chi connectivity index (χ0) is 18.1. The summed E-state index contributed by atoms with van der Waals surface area (Å²) in [5, 5.41) is 4.27. The summed E-state index contributed by atoms with van der Waals surface area (Å²) >= 11 is 0. The summed E-state index contributed by atoms with van der Waals surface area (Å²) < 4.78 is 15.9. The molecular formula is C16H22N2O6. The van der Waals surface area contributed by atoms with Crippen LogP contribution >= 0.6 is 0 Å². The number of nitrogens with one attached hydrogen (secondary N) is 2. The van der Waals surface area contributed by atoms with E-state index >= 15 is 0 Å². The number of ether oxygens (including phenoxy) is 3. The lowest BCUT2D eigenvalue weighted by Crippen LogP contribution is -2.43. The molecule has 0 aliphatic rings. The monoisotopic (exact) mass is 338 g/mol. The molecule has 0 bridgehead atoms. The first-order valence-electron chi connectivity index (χ1n) is 7.56. The molecule has 0 saturated carbocycles. The molecule has 8 nitrogen and oxygen atoms in total. The number of carbonyl (C=O) groups is 3. The molecule has 0 saturated heterocycles. The van der Waals surface area contributed by atoms with E-state index in [0.717, 1.165) is 0 Å². The Bertz CT molecular complexity index is 602. The highest BCUT2D eigenvalue weighted by Gasteiger charge is 2.21. The second kappa shape index (κ2) is 9.39. The molecule has 1 aromatic rings. The van der Waals surface area contributed by atoms with E-state index in [1.165, 1.54) is 26.1 Å². The third-order valence-electron chi connectivity index (χ3n) is 2.90. The summed E-state index contributed by atoms with van der Waals surface area (Å²) in [5.41, 5.74) is 0.210. The number of hydrogen-bond donors (Lipinski definition) is 2. The van der Waals surface area contributed by atoms with E-state index in [1.807, 2.05) is 19.2 Å². The zero-order valence-corrected chi connectivity index (χ0v) is 14.2. The van der Waals surface area contributed by atoms with Gasteiger partial charge in [-0.05, 0) is 39.0 Å². The van der Waals surface area contributed by atoms with E-state index in [2.05, 4.69) is 5.32 Å². The maximum atomic E-state index is 12.1. The van der Waals surface area contributed by atoms with E-state index in [-0.39, 0.29) is 5.56 Å². The lowest BCUT2D eigenvalue weighted by molar-refractivity contribution is -0.127. The van der Waals surface area contributed by atoms with Gasteiger partial charge in [0.05, 0.1) is 18.8 Å². The Morgan fingerprint density at radius 1 is 1.08 bits per heavy atom. The van der Waals surface area contributed by atoms with Crippen molar-refractivity contribution < 1.29 is 28.6 Å². The molecule has 0 fully saturated rings. The molecular weight excluding hydrogens is 316 g/mol. The molecule has 1 atom stereocenters. The van der Waals surface area contributed by atoms with E-state index in [1.54, 1.807) is 6.07 Å². The van der Waals surface area contributed by atoms with Gasteiger partial charge in [-0.1, -0.05) is 0 Å². The molecule has 1 aromatic carbocycles. The third-order valence-corrected chi connectivity index (χ3v) is 2.90. The van der Waals surface area contributed by atoms with Crippen molar-refractivity contribution in [2.45, 2.75) is 26.9 Å². The van der Waals surface area contributed by atoms with Crippen LogP contribution in [0.5, 0.6) is 11.5 Å². The van der Waals surface area contributed by atoms with Gasteiger partial charge in [0.15, 0.2) is 17.6 Å². The topological polar surface area (TPSA) is 103 Å². The lowest BCUT2D eigenvalue weighted by atomic mass is 10.2. The second-order valence-corrected chi connectivity index (χ2v) is 4.64. The van der Waals surface area contributed by atoms with Crippen LogP contribution in [0, 0.1) is 0 Å². The van der Waals surface area contributed by atoms with Crippen molar-refractivity contribution in [2.24, 2.45) is 0 Å². The summed E-state index contributed by atoms with van der Waals surface area (Å²) in [5.74, 6) is -0.505. The van der Waals surface area contributed by atoms with Gasteiger partial charge in [0.1, 0.15) is 0 Å². The smallest absolute Gasteiger partial charge is 0.339 e. The van der Waals surface area contributed by atoms with Gasteiger partial charge >= 0.3 is 12.0 Å². The van der Waals surface area contributed by atoms with Gasteiger partial charge in [-0.25, -0.2) is 9.59 Å². The average molecular weight is 338 g/mol. The van der Waals surface area contributed by atoms with Crippen molar-refractivity contribution >= 4 is 17.9 Å². The molecule has 8 heteroatoms. The lowest BCUT2D eigenvalue weighted by Gasteiger charge is -2.14. The molecule has 2 N–H and O–H groups in total. The SMILES string of the molecule is CCOc1ccc(C(=O)O[C@H](C)C(=O)NC(=O)NC)cc1OCC. The van der Waals surface area contributed by atoms with Gasteiger partial charge in [-0.15, -0.1) is 0 Å². The van der Waals surface area contributed by atoms with Crippen LogP contribution in [0.3, 0.4) is 0 Å². The Balaban J connectivity index is 2.81. The van der Waals surface area contributed by atoms with Crippen LogP contribution in [0.2, 0.25) is 0 Å². The highest BCUT2D eigenvalue weighted by Crippen LogP contribution is 2.28. The number of hydrogen-bond acceptors (Lipinski definition) is 6. The van der Waals surface area contributed by atoms with Crippen LogP contribution in [0.15, 0.2) is 18.2 Å². The van der Waals surface area contributed by atoms with E-state index in [9.17, 15) is 14.4 Å². The average Bonchev–Trinajstić information content (AvgIpc) is 2.56. The predicted octanol–water partition coefficient (Wildman–Crippen LogP) is 1.48.